The van der Waals surface area contributed by atoms with Crippen molar-refractivity contribution in [3.8, 4) is 79.5 Å². The summed E-state index contributed by atoms with van der Waals surface area (Å²) in [6, 6.07) is 56.9. The zero-order valence-corrected chi connectivity index (χ0v) is 25.8. The van der Waals surface area contributed by atoms with Gasteiger partial charge in [0.1, 0.15) is 0 Å². The Bertz CT molecular complexity index is 2120. The van der Waals surface area contributed by atoms with E-state index in [0.29, 0.717) is 34.9 Å². The molecule has 0 atom stereocenters. The Morgan fingerprint density at radius 2 is 0.354 bits per heavy atom. The number of nitrogens with zero attached hydrogens (tertiary/aromatic N) is 6. The summed E-state index contributed by atoms with van der Waals surface area (Å²) in [6.07, 6.45) is 0. The lowest BCUT2D eigenvalue weighted by molar-refractivity contribution is 1.00. The van der Waals surface area contributed by atoms with Gasteiger partial charge in [0.05, 0.1) is 0 Å². The number of aromatic nitrogens is 6. The Hall–Kier alpha value is -6.66. The highest BCUT2D eigenvalue weighted by molar-refractivity contribution is 5.72. The fraction of sp³-hybridized carbons (Fsp3) is 0. The molecular weight excluding hydrogens is 589 g/mol. The van der Waals surface area contributed by atoms with Gasteiger partial charge in [0.2, 0.25) is 11.6 Å². The Balaban J connectivity index is 1.26. The van der Waals surface area contributed by atoms with E-state index < -0.39 is 0 Å². The molecule has 0 spiro atoms. The first kappa shape index (κ1) is 28.8. The van der Waals surface area contributed by atoms with Gasteiger partial charge in [-0.3, -0.25) is 0 Å². The first-order valence-corrected chi connectivity index (χ1v) is 15.7. The third kappa shape index (κ3) is 6.10. The fourth-order valence-electron chi connectivity index (χ4n) is 5.53. The Labute approximate surface area is 278 Å². The molecule has 0 aliphatic carbocycles. The van der Waals surface area contributed by atoms with Crippen molar-refractivity contribution in [2.45, 2.75) is 0 Å². The summed E-state index contributed by atoms with van der Waals surface area (Å²) < 4.78 is 0. The maximum atomic E-state index is 4.95. The zero-order valence-electron chi connectivity index (χ0n) is 25.8. The van der Waals surface area contributed by atoms with Crippen LogP contribution in [-0.4, -0.2) is 29.9 Å². The molecule has 0 amide bonds. The molecule has 0 aliphatic heterocycles. The van der Waals surface area contributed by atoms with Gasteiger partial charge >= 0.3 is 0 Å². The Morgan fingerprint density at radius 1 is 0.167 bits per heavy atom. The molecule has 0 N–H and O–H groups in total. The lowest BCUT2D eigenvalue weighted by atomic mass is 10.0. The molecule has 6 nitrogen and oxygen atoms in total. The van der Waals surface area contributed by atoms with Crippen molar-refractivity contribution < 1.29 is 0 Å². The van der Waals surface area contributed by atoms with Crippen LogP contribution in [0.3, 0.4) is 0 Å². The van der Waals surface area contributed by atoms with E-state index >= 15 is 0 Å². The minimum absolute atomic E-state index is 0.368. The highest BCUT2D eigenvalue weighted by Crippen LogP contribution is 2.29. The van der Waals surface area contributed by atoms with Crippen molar-refractivity contribution in [3.05, 3.63) is 170 Å². The molecule has 6 aromatic carbocycles. The summed E-state index contributed by atoms with van der Waals surface area (Å²) in [5.74, 6) is 2.89. The van der Waals surface area contributed by atoms with Crippen molar-refractivity contribution in [2.75, 3.05) is 0 Å². The van der Waals surface area contributed by atoms with E-state index in [4.69, 9.17) is 29.9 Å². The number of rotatable bonds is 7. The zero-order chi connectivity index (χ0) is 32.1. The molecule has 2 heterocycles. The van der Waals surface area contributed by atoms with E-state index in [0.717, 1.165) is 44.5 Å². The first-order chi connectivity index (χ1) is 23.8. The SMILES string of the molecule is c1ccc(-c2ccc(-c3nc(-c4ccccc4)nc(-c4nc(-c5ccccc5)nc(-c5ccc(-c6ccccc6)cc5)n4)n3)cc2)cc1. The van der Waals surface area contributed by atoms with Gasteiger partial charge in [-0.2, -0.15) is 0 Å². The fourth-order valence-corrected chi connectivity index (χ4v) is 5.53. The van der Waals surface area contributed by atoms with E-state index in [1.165, 1.54) is 0 Å². The molecule has 226 valence electrons. The van der Waals surface area contributed by atoms with Crippen LogP contribution in [-0.2, 0) is 0 Å². The normalized spacial score (nSPS) is 10.9. The van der Waals surface area contributed by atoms with Gasteiger partial charge in [0.25, 0.3) is 0 Å². The van der Waals surface area contributed by atoms with Gasteiger partial charge in [0.15, 0.2) is 23.3 Å². The molecular formula is C42H28N6. The van der Waals surface area contributed by atoms with E-state index in [9.17, 15) is 0 Å². The molecule has 0 fully saturated rings. The molecule has 6 heteroatoms. The van der Waals surface area contributed by atoms with Crippen molar-refractivity contribution in [1.82, 2.24) is 29.9 Å². The highest BCUT2D eigenvalue weighted by Gasteiger charge is 2.18. The molecule has 0 radical (unpaired) electrons. The standard InChI is InChI=1S/C42H28N6/c1-5-13-29(14-6-1)31-21-25-35(26-22-31)39-43-37(33-17-9-3-10-18-33)45-41(47-39)42-46-38(34-19-11-4-12-20-34)44-40(48-42)36-27-23-32(24-28-36)30-15-7-2-8-16-30/h1-28H. The third-order valence-corrected chi connectivity index (χ3v) is 8.04. The molecule has 8 aromatic rings. The maximum Gasteiger partial charge on any atom is 0.202 e. The summed E-state index contributed by atoms with van der Waals surface area (Å²) in [6.45, 7) is 0. The second-order valence-corrected chi connectivity index (χ2v) is 11.2. The second kappa shape index (κ2) is 13.0. The minimum Gasteiger partial charge on any atom is -0.208 e. The predicted molar refractivity (Wildman–Crippen MR) is 191 cm³/mol. The summed E-state index contributed by atoms with van der Waals surface area (Å²) in [4.78, 5) is 29.5. The van der Waals surface area contributed by atoms with Crippen LogP contribution in [0.2, 0.25) is 0 Å². The van der Waals surface area contributed by atoms with Crippen molar-refractivity contribution in [3.63, 3.8) is 0 Å². The first-order valence-electron chi connectivity index (χ1n) is 15.7. The summed E-state index contributed by atoms with van der Waals surface area (Å²) in [5, 5.41) is 0. The third-order valence-electron chi connectivity index (χ3n) is 8.04. The molecule has 0 saturated heterocycles. The second-order valence-electron chi connectivity index (χ2n) is 11.2. The lowest BCUT2D eigenvalue weighted by Crippen LogP contribution is -2.05. The Kier molecular flexibility index (Phi) is 7.79. The van der Waals surface area contributed by atoms with Gasteiger partial charge in [-0.25, -0.2) is 29.9 Å². The van der Waals surface area contributed by atoms with Gasteiger partial charge < -0.3 is 0 Å². The minimum atomic E-state index is 0.368. The van der Waals surface area contributed by atoms with Crippen LogP contribution in [0.1, 0.15) is 0 Å². The van der Waals surface area contributed by atoms with Gasteiger partial charge in [-0.15, -0.1) is 0 Å². The molecule has 0 aliphatic rings. The van der Waals surface area contributed by atoms with Crippen molar-refractivity contribution in [2.24, 2.45) is 0 Å². The quantitative estimate of drug-likeness (QED) is 0.177. The average Bonchev–Trinajstić information content (AvgIpc) is 3.19. The van der Waals surface area contributed by atoms with Gasteiger partial charge in [-0.1, -0.05) is 170 Å². The predicted octanol–water partition coefficient (Wildman–Crippen LogP) is 9.73. The van der Waals surface area contributed by atoms with Crippen LogP contribution in [0, 0.1) is 0 Å². The monoisotopic (exact) mass is 616 g/mol. The topological polar surface area (TPSA) is 77.3 Å². The summed E-state index contributed by atoms with van der Waals surface area (Å²) in [7, 11) is 0. The van der Waals surface area contributed by atoms with Gasteiger partial charge in [-0.05, 0) is 22.3 Å². The number of hydrogen-bond acceptors (Lipinski definition) is 6. The van der Waals surface area contributed by atoms with Crippen LogP contribution in [0.15, 0.2) is 170 Å². The summed E-state index contributed by atoms with van der Waals surface area (Å²) in [5.41, 5.74) is 8.00. The molecule has 0 bridgehead atoms. The smallest absolute Gasteiger partial charge is 0.202 e. The van der Waals surface area contributed by atoms with Crippen LogP contribution in [0.4, 0.5) is 0 Å². The highest BCUT2D eigenvalue weighted by atomic mass is 15.1. The largest absolute Gasteiger partial charge is 0.208 e. The van der Waals surface area contributed by atoms with E-state index in [-0.39, 0.29) is 0 Å². The number of hydrogen-bond donors (Lipinski definition) is 0. The molecule has 0 saturated carbocycles. The van der Waals surface area contributed by atoms with Crippen LogP contribution < -0.4 is 0 Å². The van der Waals surface area contributed by atoms with E-state index in [1.807, 2.05) is 121 Å². The Morgan fingerprint density at radius 3 is 0.646 bits per heavy atom. The molecule has 0 unspecified atom stereocenters. The van der Waals surface area contributed by atoms with E-state index in [1.54, 1.807) is 0 Å². The maximum absolute atomic E-state index is 4.95. The molecule has 48 heavy (non-hydrogen) atoms. The van der Waals surface area contributed by atoms with Crippen molar-refractivity contribution in [1.29, 1.82) is 0 Å². The van der Waals surface area contributed by atoms with Crippen LogP contribution in [0.25, 0.3) is 79.5 Å². The number of benzene rings is 6. The lowest BCUT2D eigenvalue weighted by Gasteiger charge is -2.11. The van der Waals surface area contributed by atoms with Crippen LogP contribution >= 0.6 is 0 Å². The van der Waals surface area contributed by atoms with Crippen molar-refractivity contribution >= 4 is 0 Å². The van der Waals surface area contributed by atoms with Gasteiger partial charge in [0, 0.05) is 22.3 Å². The van der Waals surface area contributed by atoms with E-state index in [2.05, 4.69) is 48.5 Å². The average molecular weight is 617 g/mol. The molecule has 8 rings (SSSR count). The molecule has 2 aromatic heterocycles. The van der Waals surface area contributed by atoms with Crippen LogP contribution in [0.5, 0.6) is 0 Å². The summed E-state index contributed by atoms with van der Waals surface area (Å²) >= 11 is 0.